The van der Waals surface area contributed by atoms with E-state index in [-0.39, 0.29) is 11.8 Å². The van der Waals surface area contributed by atoms with E-state index in [0.29, 0.717) is 11.6 Å². The molecule has 6 nitrogen and oxygen atoms in total. The first-order chi connectivity index (χ1) is 8.66. The van der Waals surface area contributed by atoms with E-state index in [1.807, 2.05) is 23.6 Å². The lowest BCUT2D eigenvalue weighted by Crippen LogP contribution is -2.09. The zero-order valence-corrected chi connectivity index (χ0v) is 10.6. The number of carboxylic acids is 1. The number of carbonyl (C=O) groups is 1. The van der Waals surface area contributed by atoms with Gasteiger partial charge in [0.1, 0.15) is 12.1 Å². The molecule has 2 aromatic heterocycles. The fourth-order valence-electron chi connectivity index (χ4n) is 1.58. The smallest absolute Gasteiger partial charge is 0.313 e. The van der Waals surface area contributed by atoms with Crippen LogP contribution < -0.4 is 0 Å². The fraction of sp³-hybridized carbons (Fsp3) is 0.364. The summed E-state index contributed by atoms with van der Waals surface area (Å²) in [4.78, 5) is 10.5. The highest BCUT2D eigenvalue weighted by molar-refractivity contribution is 7.99. The van der Waals surface area contributed by atoms with Gasteiger partial charge in [-0.05, 0) is 19.1 Å². The lowest BCUT2D eigenvalue weighted by atomic mass is 10.2. The second kappa shape index (κ2) is 5.72. The van der Waals surface area contributed by atoms with Crippen LogP contribution in [0.5, 0.6) is 0 Å². The highest BCUT2D eigenvalue weighted by Gasteiger charge is 2.14. The molecule has 1 atom stereocenters. The lowest BCUT2D eigenvalue weighted by molar-refractivity contribution is -0.133. The molecule has 1 unspecified atom stereocenters. The van der Waals surface area contributed by atoms with Crippen LogP contribution in [-0.2, 0) is 11.2 Å². The number of aromatic nitrogens is 3. The summed E-state index contributed by atoms with van der Waals surface area (Å²) in [5.74, 6) is -0.00905. The van der Waals surface area contributed by atoms with Gasteiger partial charge in [-0.1, -0.05) is 11.8 Å². The molecule has 0 spiro atoms. The van der Waals surface area contributed by atoms with Crippen LogP contribution in [0.3, 0.4) is 0 Å². The van der Waals surface area contributed by atoms with Gasteiger partial charge in [0.05, 0.1) is 12.0 Å². The van der Waals surface area contributed by atoms with Crippen LogP contribution in [0, 0.1) is 0 Å². The summed E-state index contributed by atoms with van der Waals surface area (Å²) in [6, 6.07) is 3.86. The van der Waals surface area contributed by atoms with Gasteiger partial charge in [0.15, 0.2) is 5.16 Å². The molecule has 0 aliphatic carbocycles. The molecule has 2 heterocycles. The minimum absolute atomic E-state index is 0.0217. The Bertz CT molecular complexity index is 509. The zero-order chi connectivity index (χ0) is 13.0. The molecule has 0 aromatic carbocycles. The first-order valence-electron chi connectivity index (χ1n) is 5.43. The third-order valence-corrected chi connectivity index (χ3v) is 3.36. The number of nitrogens with zero attached hydrogens (tertiary/aromatic N) is 3. The Morgan fingerprint density at radius 3 is 3.17 bits per heavy atom. The molecular weight excluding hydrogens is 254 g/mol. The van der Waals surface area contributed by atoms with E-state index in [1.54, 1.807) is 12.6 Å². The summed E-state index contributed by atoms with van der Waals surface area (Å²) in [5.41, 5.74) is 0. The van der Waals surface area contributed by atoms with Gasteiger partial charge in [-0.25, -0.2) is 0 Å². The topological polar surface area (TPSA) is 81.2 Å². The second-order valence-corrected chi connectivity index (χ2v) is 4.78. The van der Waals surface area contributed by atoms with Crippen molar-refractivity contribution in [3.8, 4) is 0 Å². The van der Waals surface area contributed by atoms with Crippen LogP contribution in [0.15, 0.2) is 34.3 Å². The summed E-state index contributed by atoms with van der Waals surface area (Å²) in [6.45, 7) is 2.01. The Labute approximate surface area is 108 Å². The highest BCUT2D eigenvalue weighted by atomic mass is 32.2. The van der Waals surface area contributed by atoms with Crippen molar-refractivity contribution in [2.75, 3.05) is 5.75 Å². The minimum atomic E-state index is -0.867. The van der Waals surface area contributed by atoms with Crippen LogP contribution in [0.25, 0.3) is 0 Å². The van der Waals surface area contributed by atoms with E-state index in [9.17, 15) is 4.79 Å². The van der Waals surface area contributed by atoms with Crippen LogP contribution in [0.2, 0.25) is 0 Å². The van der Waals surface area contributed by atoms with Gasteiger partial charge in [0.25, 0.3) is 0 Å². The van der Waals surface area contributed by atoms with E-state index in [1.165, 1.54) is 0 Å². The average Bonchev–Trinajstić information content (AvgIpc) is 2.96. The largest absolute Gasteiger partial charge is 0.481 e. The van der Waals surface area contributed by atoms with Gasteiger partial charge in [0.2, 0.25) is 0 Å². The summed E-state index contributed by atoms with van der Waals surface area (Å²) in [6.07, 6.45) is 3.96. The van der Waals surface area contributed by atoms with Crippen LogP contribution in [-0.4, -0.2) is 31.6 Å². The maximum atomic E-state index is 10.5. The Morgan fingerprint density at radius 1 is 1.67 bits per heavy atom. The van der Waals surface area contributed by atoms with Crippen molar-refractivity contribution in [1.82, 2.24) is 14.8 Å². The van der Waals surface area contributed by atoms with Crippen LogP contribution in [0.1, 0.15) is 18.7 Å². The maximum absolute atomic E-state index is 10.5. The Kier molecular flexibility index (Phi) is 4.03. The van der Waals surface area contributed by atoms with E-state index in [2.05, 4.69) is 10.2 Å². The molecule has 0 bridgehead atoms. The standard InChI is InChI=1S/C11H13N3O3S/c1-8(5-9-3-2-4-17-9)14-7-12-13-11(14)18-6-10(15)16/h2-4,7-8H,5-6H2,1H3,(H,15,16). The number of carboxylic acid groups (broad SMARTS) is 1. The molecule has 1 N–H and O–H groups in total. The SMILES string of the molecule is CC(Cc1ccco1)n1cnnc1SCC(=O)O. The Hall–Kier alpha value is -1.76. The minimum Gasteiger partial charge on any atom is -0.481 e. The second-order valence-electron chi connectivity index (χ2n) is 3.84. The summed E-state index contributed by atoms with van der Waals surface area (Å²) in [7, 11) is 0. The molecule has 0 radical (unpaired) electrons. The zero-order valence-electron chi connectivity index (χ0n) is 9.81. The van der Waals surface area contributed by atoms with Crippen molar-refractivity contribution in [2.45, 2.75) is 24.5 Å². The highest BCUT2D eigenvalue weighted by Crippen LogP contribution is 2.21. The molecule has 18 heavy (non-hydrogen) atoms. The van der Waals surface area contributed by atoms with Crippen LogP contribution in [0.4, 0.5) is 0 Å². The number of hydrogen-bond acceptors (Lipinski definition) is 5. The van der Waals surface area contributed by atoms with Gasteiger partial charge in [-0.15, -0.1) is 10.2 Å². The predicted octanol–water partition coefficient (Wildman–Crippen LogP) is 1.85. The molecule has 0 aliphatic heterocycles. The molecular formula is C11H13N3O3S. The van der Waals surface area contributed by atoms with E-state index < -0.39 is 5.97 Å². The lowest BCUT2D eigenvalue weighted by Gasteiger charge is -2.13. The van der Waals surface area contributed by atoms with Gasteiger partial charge in [-0.2, -0.15) is 0 Å². The quantitative estimate of drug-likeness (QED) is 0.804. The monoisotopic (exact) mass is 267 g/mol. The molecule has 0 fully saturated rings. The third kappa shape index (κ3) is 3.13. The average molecular weight is 267 g/mol. The normalized spacial score (nSPS) is 12.5. The van der Waals surface area contributed by atoms with Gasteiger partial charge in [-0.3, -0.25) is 4.79 Å². The Balaban J connectivity index is 2.03. The van der Waals surface area contributed by atoms with Crippen molar-refractivity contribution in [3.05, 3.63) is 30.5 Å². The molecule has 2 aromatic rings. The summed E-state index contributed by atoms with van der Waals surface area (Å²) < 4.78 is 7.14. The molecule has 0 aliphatic rings. The molecule has 0 saturated carbocycles. The van der Waals surface area contributed by atoms with Crippen molar-refractivity contribution in [3.63, 3.8) is 0 Å². The summed E-state index contributed by atoms with van der Waals surface area (Å²) in [5, 5.41) is 17.0. The predicted molar refractivity (Wildman–Crippen MR) is 65.5 cm³/mol. The van der Waals surface area contributed by atoms with Gasteiger partial charge < -0.3 is 14.1 Å². The van der Waals surface area contributed by atoms with E-state index in [4.69, 9.17) is 9.52 Å². The van der Waals surface area contributed by atoms with Crippen molar-refractivity contribution >= 4 is 17.7 Å². The number of aliphatic carboxylic acids is 1. The molecule has 0 amide bonds. The first-order valence-corrected chi connectivity index (χ1v) is 6.42. The maximum Gasteiger partial charge on any atom is 0.313 e. The van der Waals surface area contributed by atoms with Crippen LogP contribution >= 0.6 is 11.8 Å². The molecule has 2 rings (SSSR count). The number of rotatable bonds is 6. The number of furan rings is 1. The third-order valence-electron chi connectivity index (χ3n) is 2.42. The van der Waals surface area contributed by atoms with Crippen molar-refractivity contribution in [1.29, 1.82) is 0 Å². The fourth-order valence-corrected chi connectivity index (χ4v) is 2.32. The summed E-state index contributed by atoms with van der Waals surface area (Å²) >= 11 is 1.16. The first kappa shape index (κ1) is 12.7. The van der Waals surface area contributed by atoms with Crippen molar-refractivity contribution in [2.24, 2.45) is 0 Å². The molecule has 7 heteroatoms. The van der Waals surface area contributed by atoms with Gasteiger partial charge >= 0.3 is 5.97 Å². The number of thioether (sulfide) groups is 1. The molecule has 0 saturated heterocycles. The molecule has 96 valence electrons. The Morgan fingerprint density at radius 2 is 2.50 bits per heavy atom. The van der Waals surface area contributed by atoms with Gasteiger partial charge in [0, 0.05) is 12.5 Å². The van der Waals surface area contributed by atoms with Crippen molar-refractivity contribution < 1.29 is 14.3 Å². The van der Waals surface area contributed by atoms with E-state index in [0.717, 1.165) is 17.5 Å². The van der Waals surface area contributed by atoms with E-state index >= 15 is 0 Å². The number of hydrogen-bond donors (Lipinski definition) is 1.